The smallest absolute Gasteiger partial charge is 0.253 e. The van der Waals surface area contributed by atoms with E-state index in [9.17, 15) is 4.79 Å². The summed E-state index contributed by atoms with van der Waals surface area (Å²) in [6, 6.07) is 21.8. The van der Waals surface area contributed by atoms with Crippen molar-refractivity contribution in [2.24, 2.45) is 0 Å². The predicted molar refractivity (Wildman–Crippen MR) is 149 cm³/mol. The largest absolute Gasteiger partial charge is 0.322 e. The van der Waals surface area contributed by atoms with Gasteiger partial charge in [-0.2, -0.15) is 0 Å². The zero-order chi connectivity index (χ0) is 26.7. The number of nitrogens with zero attached hydrogens (tertiary/aromatic N) is 6. The molecule has 0 aliphatic carbocycles. The third-order valence-electron chi connectivity index (χ3n) is 7.20. The molecule has 1 atom stereocenters. The van der Waals surface area contributed by atoms with E-state index in [1.807, 2.05) is 53.3 Å². The molecule has 0 saturated heterocycles. The molecule has 3 heterocycles. The SMILES string of the molecule is CCC(C)(C)n1nnnc1[C@@H](c1cc2cc(C)ccc2[nH]c1=O)N(Cc1ccccc1)Cc1cccnc1. The molecule has 8 nitrogen and oxygen atoms in total. The van der Waals surface area contributed by atoms with Crippen molar-refractivity contribution in [1.82, 2.24) is 35.1 Å². The van der Waals surface area contributed by atoms with Crippen LogP contribution in [0.15, 0.2) is 83.9 Å². The van der Waals surface area contributed by atoms with E-state index >= 15 is 0 Å². The Morgan fingerprint density at radius 3 is 2.50 bits per heavy atom. The normalized spacial score (nSPS) is 12.8. The monoisotopic (exact) mass is 507 g/mol. The van der Waals surface area contributed by atoms with E-state index in [4.69, 9.17) is 0 Å². The molecule has 5 aromatic rings. The maximum absolute atomic E-state index is 13.7. The Balaban J connectivity index is 1.74. The number of aromatic nitrogens is 6. The number of pyridine rings is 2. The molecule has 0 fully saturated rings. The lowest BCUT2D eigenvalue weighted by Gasteiger charge is -2.33. The lowest BCUT2D eigenvalue weighted by atomic mass is 9.98. The molecule has 0 radical (unpaired) electrons. The standard InChI is InChI=1S/C30H33N7O/c1-5-30(3,4)37-28(33-34-35-37)27(25-17-24-16-21(2)13-14-26(24)32-29(25)38)36(19-22-10-7-6-8-11-22)20-23-12-9-15-31-18-23/h6-18,27H,5,19-20H2,1-4H3,(H,32,38)/t27-/m1/s1. The molecule has 0 aliphatic rings. The van der Waals surface area contributed by atoms with E-state index in [1.54, 1.807) is 6.20 Å². The van der Waals surface area contributed by atoms with E-state index in [-0.39, 0.29) is 11.1 Å². The van der Waals surface area contributed by atoms with Gasteiger partial charge in [-0.3, -0.25) is 14.7 Å². The van der Waals surface area contributed by atoms with Gasteiger partial charge in [0.05, 0.1) is 5.54 Å². The van der Waals surface area contributed by atoms with Crippen LogP contribution in [0.4, 0.5) is 0 Å². The van der Waals surface area contributed by atoms with Crippen molar-refractivity contribution in [2.75, 3.05) is 0 Å². The number of hydrogen-bond donors (Lipinski definition) is 1. The molecule has 0 bridgehead atoms. The number of tetrazole rings is 1. The summed E-state index contributed by atoms with van der Waals surface area (Å²) in [4.78, 5) is 23.4. The second-order valence-corrected chi connectivity index (χ2v) is 10.4. The average Bonchev–Trinajstić information content (AvgIpc) is 3.41. The summed E-state index contributed by atoms with van der Waals surface area (Å²) in [6.07, 6.45) is 4.46. The van der Waals surface area contributed by atoms with Crippen LogP contribution in [0.25, 0.3) is 10.9 Å². The van der Waals surface area contributed by atoms with Crippen LogP contribution >= 0.6 is 0 Å². The van der Waals surface area contributed by atoms with Crippen molar-refractivity contribution < 1.29 is 0 Å². The molecular formula is C30H33N7O. The molecule has 0 amide bonds. The van der Waals surface area contributed by atoms with Crippen LogP contribution in [0, 0.1) is 6.92 Å². The van der Waals surface area contributed by atoms with Crippen LogP contribution in [0.5, 0.6) is 0 Å². The van der Waals surface area contributed by atoms with E-state index in [2.05, 4.69) is 82.4 Å². The molecule has 2 aromatic carbocycles. The van der Waals surface area contributed by atoms with Crippen molar-refractivity contribution in [3.63, 3.8) is 0 Å². The van der Waals surface area contributed by atoms with Crippen molar-refractivity contribution in [1.29, 1.82) is 0 Å². The van der Waals surface area contributed by atoms with Gasteiger partial charge >= 0.3 is 0 Å². The summed E-state index contributed by atoms with van der Waals surface area (Å²) in [6.45, 7) is 9.53. The number of nitrogens with one attached hydrogen (secondary N) is 1. The molecule has 5 rings (SSSR count). The first kappa shape index (κ1) is 25.5. The molecule has 0 saturated carbocycles. The van der Waals surface area contributed by atoms with Crippen LogP contribution in [0.3, 0.4) is 0 Å². The zero-order valence-electron chi connectivity index (χ0n) is 22.3. The zero-order valence-corrected chi connectivity index (χ0v) is 22.3. The minimum Gasteiger partial charge on any atom is -0.322 e. The highest BCUT2D eigenvalue weighted by Crippen LogP contribution is 2.32. The van der Waals surface area contributed by atoms with Gasteiger partial charge in [0.15, 0.2) is 5.82 Å². The summed E-state index contributed by atoms with van der Waals surface area (Å²) < 4.78 is 1.87. The number of hydrogen-bond acceptors (Lipinski definition) is 6. The number of rotatable bonds is 9. The quantitative estimate of drug-likeness (QED) is 0.296. The molecule has 1 N–H and O–H groups in total. The Morgan fingerprint density at radius 2 is 1.76 bits per heavy atom. The molecular weight excluding hydrogens is 474 g/mol. The summed E-state index contributed by atoms with van der Waals surface area (Å²) in [5, 5.41) is 14.0. The third-order valence-corrected chi connectivity index (χ3v) is 7.20. The highest BCUT2D eigenvalue weighted by atomic mass is 16.1. The average molecular weight is 508 g/mol. The van der Waals surface area contributed by atoms with Gasteiger partial charge in [0.1, 0.15) is 6.04 Å². The van der Waals surface area contributed by atoms with Gasteiger partial charge in [-0.05, 0) is 78.4 Å². The Hall–Kier alpha value is -4.17. The Bertz CT molecular complexity index is 1530. The molecule has 0 aliphatic heterocycles. The third kappa shape index (κ3) is 5.26. The summed E-state index contributed by atoms with van der Waals surface area (Å²) in [5.74, 6) is 0.633. The topological polar surface area (TPSA) is 92.6 Å². The minimum absolute atomic E-state index is 0.153. The Labute approximate surface area is 222 Å². The van der Waals surface area contributed by atoms with Gasteiger partial charge in [0.2, 0.25) is 0 Å². The molecule has 0 unspecified atom stereocenters. The number of H-pyrrole nitrogens is 1. The highest BCUT2D eigenvalue weighted by Gasteiger charge is 2.34. The van der Waals surface area contributed by atoms with Gasteiger partial charge in [0.25, 0.3) is 5.56 Å². The van der Waals surface area contributed by atoms with Crippen LogP contribution in [-0.4, -0.2) is 35.1 Å². The van der Waals surface area contributed by atoms with Gasteiger partial charge in [-0.15, -0.1) is 5.10 Å². The fourth-order valence-electron chi connectivity index (χ4n) is 4.77. The van der Waals surface area contributed by atoms with Crippen LogP contribution in [0.1, 0.15) is 61.3 Å². The van der Waals surface area contributed by atoms with E-state index in [0.717, 1.165) is 34.0 Å². The fourth-order valence-corrected chi connectivity index (χ4v) is 4.77. The second kappa shape index (κ2) is 10.7. The fraction of sp³-hybridized carbons (Fsp3) is 0.300. The first-order valence-electron chi connectivity index (χ1n) is 12.9. The second-order valence-electron chi connectivity index (χ2n) is 10.4. The lowest BCUT2D eigenvalue weighted by molar-refractivity contribution is 0.180. The first-order valence-corrected chi connectivity index (χ1v) is 12.9. The summed E-state index contributed by atoms with van der Waals surface area (Å²) in [5.41, 5.74) is 4.20. The molecule has 194 valence electrons. The molecule has 0 spiro atoms. The van der Waals surface area contributed by atoms with Crippen molar-refractivity contribution in [3.8, 4) is 0 Å². The predicted octanol–water partition coefficient (Wildman–Crippen LogP) is 5.15. The van der Waals surface area contributed by atoms with E-state index in [1.165, 1.54) is 0 Å². The van der Waals surface area contributed by atoms with E-state index in [0.29, 0.717) is 24.5 Å². The van der Waals surface area contributed by atoms with E-state index < -0.39 is 6.04 Å². The molecule has 8 heteroatoms. The number of aromatic amines is 1. The van der Waals surface area contributed by atoms with Gasteiger partial charge < -0.3 is 4.98 Å². The van der Waals surface area contributed by atoms with Gasteiger partial charge in [0, 0.05) is 36.6 Å². The first-order chi connectivity index (χ1) is 18.4. The molecule has 3 aromatic heterocycles. The highest BCUT2D eigenvalue weighted by molar-refractivity contribution is 5.79. The Kier molecular flexibility index (Phi) is 7.15. The van der Waals surface area contributed by atoms with Crippen molar-refractivity contribution in [3.05, 3.63) is 118 Å². The lowest BCUT2D eigenvalue weighted by Crippen LogP contribution is -2.38. The maximum atomic E-state index is 13.7. The number of fused-ring (bicyclic) bond motifs is 1. The summed E-state index contributed by atoms with van der Waals surface area (Å²) >= 11 is 0. The minimum atomic E-state index is -0.509. The van der Waals surface area contributed by atoms with Gasteiger partial charge in [-0.1, -0.05) is 55.0 Å². The maximum Gasteiger partial charge on any atom is 0.253 e. The van der Waals surface area contributed by atoms with Crippen molar-refractivity contribution >= 4 is 10.9 Å². The molecule has 38 heavy (non-hydrogen) atoms. The number of benzene rings is 2. The summed E-state index contributed by atoms with van der Waals surface area (Å²) in [7, 11) is 0. The van der Waals surface area contributed by atoms with Gasteiger partial charge in [-0.25, -0.2) is 4.68 Å². The van der Waals surface area contributed by atoms with Crippen LogP contribution in [-0.2, 0) is 18.6 Å². The Morgan fingerprint density at radius 1 is 1.00 bits per heavy atom. The number of aryl methyl sites for hydroxylation is 1. The van der Waals surface area contributed by atoms with Crippen molar-refractivity contribution in [2.45, 2.75) is 58.8 Å². The van der Waals surface area contributed by atoms with Crippen LogP contribution in [0.2, 0.25) is 0 Å². The van der Waals surface area contributed by atoms with Crippen LogP contribution < -0.4 is 5.56 Å².